The molecule has 0 aromatic heterocycles. The smallest absolute Gasteiger partial charge is 0.255 e. The minimum atomic E-state index is -0.0610. The van der Waals surface area contributed by atoms with E-state index in [0.717, 1.165) is 44.8 Å². The van der Waals surface area contributed by atoms with Gasteiger partial charge in [0, 0.05) is 49.7 Å². The Labute approximate surface area is 190 Å². The van der Waals surface area contributed by atoms with Gasteiger partial charge in [-0.05, 0) is 78.8 Å². The summed E-state index contributed by atoms with van der Waals surface area (Å²) in [6.45, 7) is 5.23. The van der Waals surface area contributed by atoms with Crippen molar-refractivity contribution >= 4 is 17.3 Å². The number of nitrogens with zero attached hydrogens (tertiary/aromatic N) is 2. The topological polar surface area (TPSA) is 35.6 Å². The maximum absolute atomic E-state index is 12.7. The molecule has 0 saturated carbocycles. The number of carbonyl (C=O) groups is 1. The minimum absolute atomic E-state index is 0.0610. The summed E-state index contributed by atoms with van der Waals surface area (Å²) in [5, 5.41) is 3.03. The Morgan fingerprint density at radius 1 is 0.781 bits per heavy atom. The Bertz CT molecular complexity index is 1050. The van der Waals surface area contributed by atoms with Gasteiger partial charge in [0.2, 0.25) is 0 Å². The van der Waals surface area contributed by atoms with E-state index in [4.69, 9.17) is 0 Å². The molecule has 2 heterocycles. The predicted molar refractivity (Wildman–Crippen MR) is 131 cm³/mol. The molecule has 3 aromatic carbocycles. The Morgan fingerprint density at radius 2 is 1.50 bits per heavy atom. The molecule has 2 aliphatic heterocycles. The van der Waals surface area contributed by atoms with Crippen molar-refractivity contribution in [2.75, 3.05) is 29.9 Å². The minimum Gasteiger partial charge on any atom is -0.372 e. The first-order valence-electron chi connectivity index (χ1n) is 11.8. The molecule has 1 fully saturated rings. The van der Waals surface area contributed by atoms with Gasteiger partial charge in [-0.2, -0.15) is 0 Å². The molecule has 3 aromatic rings. The van der Waals surface area contributed by atoms with Crippen LogP contribution in [0.1, 0.15) is 46.3 Å². The predicted octanol–water partition coefficient (Wildman–Crippen LogP) is 5.49. The standard InChI is InChI=1S/C28H31N3O/c32-28(29-26-12-14-27(15-13-26)31-17-4-1-5-18-31)24-10-8-22(9-11-24)20-30-19-16-23-6-2-3-7-25(23)21-30/h2-3,6-15H,1,4-5,16-21H2,(H,29,32). The molecular weight excluding hydrogens is 394 g/mol. The second kappa shape index (κ2) is 9.58. The van der Waals surface area contributed by atoms with E-state index in [1.165, 1.54) is 41.6 Å². The lowest BCUT2D eigenvalue weighted by Crippen LogP contribution is -2.29. The monoisotopic (exact) mass is 425 g/mol. The SMILES string of the molecule is O=C(Nc1ccc(N2CCCCC2)cc1)c1ccc(CN2CCc3ccccc3C2)cc1. The fourth-order valence-electron chi connectivity index (χ4n) is 4.82. The maximum Gasteiger partial charge on any atom is 0.255 e. The third kappa shape index (κ3) is 4.86. The summed E-state index contributed by atoms with van der Waals surface area (Å²) in [6.07, 6.45) is 4.96. The van der Waals surface area contributed by atoms with Crippen LogP contribution < -0.4 is 10.2 Å². The molecule has 4 nitrogen and oxygen atoms in total. The molecule has 164 valence electrons. The highest BCUT2D eigenvalue weighted by atomic mass is 16.1. The number of hydrogen-bond acceptors (Lipinski definition) is 3. The maximum atomic E-state index is 12.7. The van der Waals surface area contributed by atoms with Crippen LogP contribution in [0.3, 0.4) is 0 Å². The van der Waals surface area contributed by atoms with Crippen LogP contribution in [-0.4, -0.2) is 30.4 Å². The molecular formula is C28H31N3O. The van der Waals surface area contributed by atoms with Gasteiger partial charge in [0.25, 0.3) is 5.91 Å². The quantitative estimate of drug-likeness (QED) is 0.587. The van der Waals surface area contributed by atoms with Crippen molar-refractivity contribution in [3.63, 3.8) is 0 Å². The number of fused-ring (bicyclic) bond motifs is 1. The Hall–Kier alpha value is -3.11. The van der Waals surface area contributed by atoms with Crippen molar-refractivity contribution in [2.45, 2.75) is 38.8 Å². The van der Waals surface area contributed by atoms with Crippen molar-refractivity contribution in [3.05, 3.63) is 95.1 Å². The first-order valence-corrected chi connectivity index (χ1v) is 11.8. The molecule has 0 spiro atoms. The van der Waals surface area contributed by atoms with Crippen molar-refractivity contribution in [3.8, 4) is 0 Å². The van der Waals surface area contributed by atoms with Crippen LogP contribution in [0.2, 0.25) is 0 Å². The molecule has 1 N–H and O–H groups in total. The second-order valence-corrected chi connectivity index (χ2v) is 8.97. The van der Waals surface area contributed by atoms with E-state index in [0.29, 0.717) is 5.56 Å². The Kier molecular flexibility index (Phi) is 6.22. The first-order chi connectivity index (χ1) is 15.7. The number of piperidine rings is 1. The summed E-state index contributed by atoms with van der Waals surface area (Å²) in [5.74, 6) is -0.0610. The lowest BCUT2D eigenvalue weighted by Gasteiger charge is -2.29. The van der Waals surface area contributed by atoms with Crippen molar-refractivity contribution in [1.82, 2.24) is 4.90 Å². The van der Waals surface area contributed by atoms with Crippen LogP contribution in [0.5, 0.6) is 0 Å². The molecule has 1 amide bonds. The summed E-state index contributed by atoms with van der Waals surface area (Å²) in [6, 6.07) is 25.0. The molecule has 32 heavy (non-hydrogen) atoms. The summed E-state index contributed by atoms with van der Waals surface area (Å²) in [5.41, 5.74) is 6.92. The van der Waals surface area contributed by atoms with Gasteiger partial charge in [-0.3, -0.25) is 9.69 Å². The van der Waals surface area contributed by atoms with Gasteiger partial charge in [0.1, 0.15) is 0 Å². The van der Waals surface area contributed by atoms with E-state index in [2.05, 4.69) is 63.6 Å². The molecule has 1 saturated heterocycles. The van der Waals surface area contributed by atoms with E-state index >= 15 is 0 Å². The molecule has 0 aliphatic carbocycles. The number of nitrogens with one attached hydrogen (secondary N) is 1. The van der Waals surface area contributed by atoms with Gasteiger partial charge in [-0.15, -0.1) is 0 Å². The fourth-order valence-corrected chi connectivity index (χ4v) is 4.82. The number of benzene rings is 3. The number of anilines is 2. The van der Waals surface area contributed by atoms with E-state index in [-0.39, 0.29) is 5.91 Å². The average Bonchev–Trinajstić information content (AvgIpc) is 2.85. The zero-order chi connectivity index (χ0) is 21.8. The van der Waals surface area contributed by atoms with E-state index in [1.807, 2.05) is 24.3 Å². The lowest BCUT2D eigenvalue weighted by atomic mass is 9.99. The number of amides is 1. The summed E-state index contributed by atoms with van der Waals surface area (Å²) < 4.78 is 0. The van der Waals surface area contributed by atoms with Gasteiger partial charge < -0.3 is 10.2 Å². The van der Waals surface area contributed by atoms with Crippen LogP contribution in [0.15, 0.2) is 72.8 Å². The summed E-state index contributed by atoms with van der Waals surface area (Å²) in [7, 11) is 0. The molecule has 5 rings (SSSR count). The van der Waals surface area contributed by atoms with Crippen LogP contribution in [0.4, 0.5) is 11.4 Å². The van der Waals surface area contributed by atoms with Gasteiger partial charge >= 0.3 is 0 Å². The highest BCUT2D eigenvalue weighted by Crippen LogP contribution is 2.23. The van der Waals surface area contributed by atoms with Crippen LogP contribution in [-0.2, 0) is 19.5 Å². The van der Waals surface area contributed by atoms with Crippen molar-refractivity contribution in [1.29, 1.82) is 0 Å². The number of rotatable bonds is 5. The van der Waals surface area contributed by atoms with Crippen LogP contribution in [0.25, 0.3) is 0 Å². The van der Waals surface area contributed by atoms with Crippen LogP contribution >= 0.6 is 0 Å². The summed E-state index contributed by atoms with van der Waals surface area (Å²) in [4.78, 5) is 17.6. The number of carbonyl (C=O) groups excluding carboxylic acids is 1. The Balaban J connectivity index is 1.16. The van der Waals surface area contributed by atoms with Crippen molar-refractivity contribution < 1.29 is 4.79 Å². The van der Waals surface area contributed by atoms with Gasteiger partial charge in [0.05, 0.1) is 0 Å². The molecule has 0 unspecified atom stereocenters. The zero-order valence-corrected chi connectivity index (χ0v) is 18.6. The van der Waals surface area contributed by atoms with E-state index in [9.17, 15) is 4.79 Å². The summed E-state index contributed by atoms with van der Waals surface area (Å²) >= 11 is 0. The highest BCUT2D eigenvalue weighted by molar-refractivity contribution is 6.04. The second-order valence-electron chi connectivity index (χ2n) is 8.97. The molecule has 2 aliphatic rings. The fraction of sp³-hybridized carbons (Fsp3) is 0.321. The highest BCUT2D eigenvalue weighted by Gasteiger charge is 2.16. The molecule has 0 atom stereocenters. The normalized spacial score (nSPS) is 16.4. The number of hydrogen-bond donors (Lipinski definition) is 1. The van der Waals surface area contributed by atoms with E-state index in [1.54, 1.807) is 0 Å². The van der Waals surface area contributed by atoms with Crippen LogP contribution in [0, 0.1) is 0 Å². The molecule has 0 bridgehead atoms. The third-order valence-electron chi connectivity index (χ3n) is 6.68. The van der Waals surface area contributed by atoms with Gasteiger partial charge in [0.15, 0.2) is 0 Å². The molecule has 4 heteroatoms. The van der Waals surface area contributed by atoms with Crippen molar-refractivity contribution in [2.24, 2.45) is 0 Å². The van der Waals surface area contributed by atoms with Gasteiger partial charge in [-0.1, -0.05) is 36.4 Å². The van der Waals surface area contributed by atoms with Gasteiger partial charge in [-0.25, -0.2) is 0 Å². The average molecular weight is 426 g/mol. The lowest BCUT2D eigenvalue weighted by molar-refractivity contribution is 0.102. The zero-order valence-electron chi connectivity index (χ0n) is 18.6. The third-order valence-corrected chi connectivity index (χ3v) is 6.68. The van der Waals surface area contributed by atoms with E-state index < -0.39 is 0 Å². The Morgan fingerprint density at radius 3 is 2.25 bits per heavy atom. The molecule has 0 radical (unpaired) electrons. The first kappa shape index (κ1) is 20.8. The largest absolute Gasteiger partial charge is 0.372 e.